The van der Waals surface area contributed by atoms with Gasteiger partial charge in [0.2, 0.25) is 5.91 Å². The van der Waals surface area contributed by atoms with Crippen molar-refractivity contribution in [3.05, 3.63) is 49.8 Å². The Morgan fingerprint density at radius 1 is 1.39 bits per heavy atom. The highest BCUT2D eigenvalue weighted by Gasteiger charge is 2.22. The number of nitrogens with zero attached hydrogens (tertiary/aromatic N) is 1. The maximum absolute atomic E-state index is 13.2. The van der Waals surface area contributed by atoms with E-state index in [-0.39, 0.29) is 16.5 Å². The van der Waals surface area contributed by atoms with Gasteiger partial charge in [0.1, 0.15) is 10.6 Å². The smallest absolute Gasteiger partial charge is 0.260 e. The van der Waals surface area contributed by atoms with Gasteiger partial charge < -0.3 is 10.3 Å². The van der Waals surface area contributed by atoms with Crippen LogP contribution in [0.5, 0.6) is 0 Å². The summed E-state index contributed by atoms with van der Waals surface area (Å²) in [7, 11) is 0. The first-order chi connectivity index (χ1) is 13.4. The van der Waals surface area contributed by atoms with Gasteiger partial charge in [-0.2, -0.15) is 0 Å². The number of hydrogen-bond acceptors (Lipinski definition) is 5. The lowest BCUT2D eigenvalue weighted by Gasteiger charge is -2.12. The second-order valence-corrected chi connectivity index (χ2v) is 9.46. The Morgan fingerprint density at radius 3 is 2.96 bits per heavy atom. The van der Waals surface area contributed by atoms with Crippen LogP contribution in [0.25, 0.3) is 10.2 Å². The lowest BCUT2D eigenvalue weighted by molar-refractivity contribution is -0.115. The summed E-state index contributed by atoms with van der Waals surface area (Å²) in [4.78, 5) is 34.4. The zero-order valence-corrected chi connectivity index (χ0v) is 17.4. The lowest BCUT2D eigenvalue weighted by Crippen LogP contribution is -2.23. The molecule has 0 radical (unpaired) electrons. The highest BCUT2D eigenvalue weighted by Crippen LogP contribution is 2.34. The lowest BCUT2D eigenvalue weighted by atomic mass is 9.97. The molecule has 5 nitrogen and oxygen atoms in total. The summed E-state index contributed by atoms with van der Waals surface area (Å²) in [6.45, 7) is 1.72. The van der Waals surface area contributed by atoms with Gasteiger partial charge in [-0.3, -0.25) is 9.59 Å². The predicted octanol–water partition coefficient (Wildman–Crippen LogP) is 4.78. The van der Waals surface area contributed by atoms with Crippen molar-refractivity contribution in [3.8, 4) is 0 Å². The first-order valence-electron chi connectivity index (χ1n) is 8.89. The number of nitrogens with one attached hydrogen (secondary N) is 2. The van der Waals surface area contributed by atoms with Crippen LogP contribution in [0.4, 0.5) is 10.1 Å². The first-order valence-corrected chi connectivity index (χ1v) is 11.0. The Labute approximate surface area is 173 Å². The standard InChI is InChI=1S/C19H17ClFN3O2S2/c1-9(16(25)22-10-6-7-13(21)12(20)8-10)27-19-23-17(26)15-11-4-2-3-5-14(11)28-18(15)24-19/h6-9H,2-5H2,1H3,(H,22,25)(H,23,24,26). The number of anilines is 1. The zero-order valence-electron chi connectivity index (χ0n) is 15.0. The maximum Gasteiger partial charge on any atom is 0.260 e. The summed E-state index contributed by atoms with van der Waals surface area (Å²) < 4.78 is 13.2. The largest absolute Gasteiger partial charge is 0.325 e. The summed E-state index contributed by atoms with van der Waals surface area (Å²) in [6.07, 6.45) is 4.16. The predicted molar refractivity (Wildman–Crippen MR) is 112 cm³/mol. The Morgan fingerprint density at radius 2 is 2.18 bits per heavy atom. The van der Waals surface area contributed by atoms with E-state index in [4.69, 9.17) is 11.6 Å². The second kappa shape index (κ2) is 7.85. The molecule has 0 spiro atoms. The number of amides is 1. The molecule has 1 atom stereocenters. The third kappa shape index (κ3) is 3.81. The van der Waals surface area contributed by atoms with Crippen LogP contribution in [0.15, 0.2) is 28.2 Å². The molecule has 1 aromatic carbocycles. The van der Waals surface area contributed by atoms with Gasteiger partial charge in [0.05, 0.1) is 15.7 Å². The monoisotopic (exact) mass is 437 g/mol. The van der Waals surface area contributed by atoms with Gasteiger partial charge in [-0.25, -0.2) is 9.37 Å². The summed E-state index contributed by atoms with van der Waals surface area (Å²) in [6, 6.07) is 3.99. The number of thioether (sulfide) groups is 1. The molecule has 1 aliphatic carbocycles. The Bertz CT molecular complexity index is 1130. The molecule has 0 aliphatic heterocycles. The molecular weight excluding hydrogens is 421 g/mol. The molecule has 1 unspecified atom stereocenters. The molecule has 146 valence electrons. The third-order valence-electron chi connectivity index (χ3n) is 4.65. The van der Waals surface area contributed by atoms with Crippen LogP contribution >= 0.6 is 34.7 Å². The highest BCUT2D eigenvalue weighted by molar-refractivity contribution is 8.00. The van der Waals surface area contributed by atoms with E-state index >= 15 is 0 Å². The van der Waals surface area contributed by atoms with Gasteiger partial charge in [0.15, 0.2) is 5.16 Å². The van der Waals surface area contributed by atoms with Crippen LogP contribution in [0.1, 0.15) is 30.2 Å². The van der Waals surface area contributed by atoms with E-state index in [1.165, 1.54) is 34.8 Å². The van der Waals surface area contributed by atoms with E-state index in [1.807, 2.05) is 0 Å². The van der Waals surface area contributed by atoms with Gasteiger partial charge in [-0.1, -0.05) is 23.4 Å². The number of thiophene rings is 1. The van der Waals surface area contributed by atoms with E-state index in [2.05, 4.69) is 15.3 Å². The van der Waals surface area contributed by atoms with E-state index < -0.39 is 11.1 Å². The molecule has 2 N–H and O–H groups in total. The van der Waals surface area contributed by atoms with Crippen molar-refractivity contribution in [2.75, 3.05) is 5.32 Å². The maximum atomic E-state index is 13.2. The van der Waals surface area contributed by atoms with Crippen LogP contribution < -0.4 is 10.9 Å². The number of aromatic amines is 1. The average Bonchev–Trinajstić information content (AvgIpc) is 3.03. The first kappa shape index (κ1) is 19.4. The quantitative estimate of drug-likeness (QED) is 0.455. The topological polar surface area (TPSA) is 74.8 Å². The molecule has 4 rings (SSSR count). The van der Waals surface area contributed by atoms with Crippen LogP contribution in [-0.2, 0) is 17.6 Å². The molecule has 2 aromatic heterocycles. The van der Waals surface area contributed by atoms with Crippen molar-refractivity contribution < 1.29 is 9.18 Å². The molecule has 3 aromatic rings. The number of aryl methyl sites for hydroxylation is 2. The van der Waals surface area contributed by atoms with Crippen molar-refractivity contribution in [1.29, 1.82) is 0 Å². The number of rotatable bonds is 4. The highest BCUT2D eigenvalue weighted by atomic mass is 35.5. The van der Waals surface area contributed by atoms with Crippen LogP contribution in [0, 0.1) is 5.82 Å². The Balaban J connectivity index is 1.53. The number of hydrogen-bond donors (Lipinski definition) is 2. The van der Waals surface area contributed by atoms with Crippen LogP contribution in [0.2, 0.25) is 5.02 Å². The third-order valence-corrected chi connectivity index (χ3v) is 7.11. The van der Waals surface area contributed by atoms with E-state index in [0.29, 0.717) is 16.2 Å². The number of carbonyl (C=O) groups excluding carboxylic acids is 1. The second-order valence-electron chi connectivity index (χ2n) is 6.64. The summed E-state index contributed by atoms with van der Waals surface area (Å²) in [5, 5.41) is 3.23. The minimum Gasteiger partial charge on any atom is -0.325 e. The van der Waals surface area contributed by atoms with Crippen LogP contribution in [-0.4, -0.2) is 21.1 Å². The molecule has 28 heavy (non-hydrogen) atoms. The number of benzene rings is 1. The van der Waals surface area contributed by atoms with E-state index in [0.717, 1.165) is 36.1 Å². The van der Waals surface area contributed by atoms with Crippen LogP contribution in [0.3, 0.4) is 0 Å². The SMILES string of the molecule is CC(Sc1nc2sc3c(c2c(=O)[nH]1)CCCC3)C(=O)Nc1ccc(F)c(Cl)c1. The molecule has 0 fully saturated rings. The summed E-state index contributed by atoms with van der Waals surface area (Å²) in [5.74, 6) is -0.836. The van der Waals surface area contributed by atoms with Crippen molar-refractivity contribution in [1.82, 2.24) is 9.97 Å². The number of aromatic nitrogens is 2. The number of H-pyrrole nitrogens is 1. The molecule has 1 amide bonds. The fourth-order valence-corrected chi connectivity index (χ4v) is 5.54. The Kier molecular flexibility index (Phi) is 5.44. The zero-order chi connectivity index (χ0) is 19.8. The fraction of sp³-hybridized carbons (Fsp3) is 0.316. The normalized spacial score (nSPS) is 14.7. The molecule has 2 heterocycles. The van der Waals surface area contributed by atoms with Gasteiger partial charge >= 0.3 is 0 Å². The van der Waals surface area contributed by atoms with Gasteiger partial charge in [-0.05, 0) is 56.4 Å². The average molecular weight is 438 g/mol. The summed E-state index contributed by atoms with van der Waals surface area (Å²) >= 11 is 8.49. The van der Waals surface area contributed by atoms with Gasteiger partial charge in [-0.15, -0.1) is 11.3 Å². The molecule has 0 saturated carbocycles. The fourth-order valence-electron chi connectivity index (χ4n) is 3.24. The van der Waals surface area contributed by atoms with Crippen molar-refractivity contribution >= 4 is 56.5 Å². The molecule has 1 aliphatic rings. The minimum atomic E-state index is -0.546. The van der Waals surface area contributed by atoms with Crippen molar-refractivity contribution in [2.24, 2.45) is 0 Å². The minimum absolute atomic E-state index is 0.0591. The van der Waals surface area contributed by atoms with E-state index in [9.17, 15) is 14.0 Å². The number of fused-ring (bicyclic) bond motifs is 3. The molecule has 0 bridgehead atoms. The number of carbonyl (C=O) groups is 1. The summed E-state index contributed by atoms with van der Waals surface area (Å²) in [5.41, 5.74) is 1.40. The Hall–Kier alpha value is -1.90. The van der Waals surface area contributed by atoms with Crippen molar-refractivity contribution in [2.45, 2.75) is 43.0 Å². The molecule has 0 saturated heterocycles. The molecule has 9 heteroatoms. The van der Waals surface area contributed by atoms with E-state index in [1.54, 1.807) is 18.3 Å². The molecular formula is C19H17ClFN3O2S2. The number of halogens is 2. The van der Waals surface area contributed by atoms with Gasteiger partial charge in [0, 0.05) is 10.6 Å². The van der Waals surface area contributed by atoms with Gasteiger partial charge in [0.25, 0.3) is 5.56 Å². The van der Waals surface area contributed by atoms with Crippen molar-refractivity contribution in [3.63, 3.8) is 0 Å².